The first-order valence-corrected chi connectivity index (χ1v) is 9.67. The molecule has 0 N–H and O–H groups in total. The number of halogens is 2. The lowest BCUT2D eigenvalue weighted by atomic mass is 9.78. The molecule has 0 aliphatic carbocycles. The van der Waals surface area contributed by atoms with Crippen molar-refractivity contribution in [3.63, 3.8) is 0 Å². The zero-order chi connectivity index (χ0) is 22.3. The Bertz CT molecular complexity index is 1090. The lowest BCUT2D eigenvalue weighted by Gasteiger charge is -2.26. The van der Waals surface area contributed by atoms with Crippen LogP contribution >= 0.6 is 0 Å². The SMILES string of the molecule is CC(C)(C)c1cc(-c2noc(-c3c(F)cccc3CF)n2)c(N=O)c(C(C)(C)C)c1. The minimum atomic E-state index is -0.875. The highest BCUT2D eigenvalue weighted by Crippen LogP contribution is 2.42. The maximum Gasteiger partial charge on any atom is 0.261 e. The van der Waals surface area contributed by atoms with Gasteiger partial charge < -0.3 is 4.52 Å². The smallest absolute Gasteiger partial charge is 0.261 e. The van der Waals surface area contributed by atoms with Crippen molar-refractivity contribution in [2.24, 2.45) is 5.18 Å². The molecule has 0 bridgehead atoms. The van der Waals surface area contributed by atoms with Gasteiger partial charge in [0.2, 0.25) is 5.82 Å². The molecule has 158 valence electrons. The van der Waals surface area contributed by atoms with E-state index in [1.807, 2.05) is 26.8 Å². The third kappa shape index (κ3) is 4.01. The number of alkyl halides is 1. The average molecular weight is 413 g/mol. The Labute approximate surface area is 174 Å². The first-order chi connectivity index (χ1) is 14.0. The van der Waals surface area contributed by atoms with Gasteiger partial charge in [0.05, 0.1) is 11.1 Å². The molecule has 1 heterocycles. The van der Waals surface area contributed by atoms with E-state index in [1.165, 1.54) is 18.2 Å². The largest absolute Gasteiger partial charge is 0.333 e. The van der Waals surface area contributed by atoms with Crippen LogP contribution in [-0.4, -0.2) is 10.1 Å². The van der Waals surface area contributed by atoms with Crippen LogP contribution in [0.25, 0.3) is 22.8 Å². The number of benzene rings is 2. The van der Waals surface area contributed by atoms with E-state index in [9.17, 15) is 13.7 Å². The van der Waals surface area contributed by atoms with Crippen LogP contribution in [0.2, 0.25) is 0 Å². The molecule has 0 amide bonds. The quantitative estimate of drug-likeness (QED) is 0.432. The van der Waals surface area contributed by atoms with Crippen LogP contribution in [0, 0.1) is 10.7 Å². The Morgan fingerprint density at radius 2 is 1.77 bits per heavy atom. The lowest BCUT2D eigenvalue weighted by Crippen LogP contribution is -2.17. The van der Waals surface area contributed by atoms with Gasteiger partial charge in [-0.05, 0) is 44.8 Å². The summed E-state index contributed by atoms with van der Waals surface area (Å²) >= 11 is 0. The van der Waals surface area contributed by atoms with E-state index in [0.29, 0.717) is 5.56 Å². The first-order valence-electron chi connectivity index (χ1n) is 9.67. The number of nitrogens with zero attached hydrogens (tertiary/aromatic N) is 3. The van der Waals surface area contributed by atoms with Crippen molar-refractivity contribution in [1.82, 2.24) is 10.1 Å². The van der Waals surface area contributed by atoms with Gasteiger partial charge in [-0.1, -0.05) is 64.9 Å². The summed E-state index contributed by atoms with van der Waals surface area (Å²) in [5, 5.41) is 7.22. The first kappa shape index (κ1) is 21.7. The number of nitroso groups, excluding NO2 is 1. The highest BCUT2D eigenvalue weighted by atomic mass is 19.1. The summed E-state index contributed by atoms with van der Waals surface area (Å²) in [5.74, 6) is -0.705. The van der Waals surface area contributed by atoms with Crippen molar-refractivity contribution in [1.29, 1.82) is 0 Å². The van der Waals surface area contributed by atoms with Crippen LogP contribution in [0.5, 0.6) is 0 Å². The third-order valence-electron chi connectivity index (χ3n) is 5.00. The van der Waals surface area contributed by atoms with Crippen molar-refractivity contribution >= 4 is 5.69 Å². The van der Waals surface area contributed by atoms with E-state index in [2.05, 4.69) is 36.1 Å². The molecule has 3 rings (SSSR count). The van der Waals surface area contributed by atoms with Crippen LogP contribution in [-0.2, 0) is 17.5 Å². The number of hydrogen-bond donors (Lipinski definition) is 0. The second-order valence-corrected chi connectivity index (χ2v) is 9.34. The second kappa shape index (κ2) is 7.70. The van der Waals surface area contributed by atoms with Crippen molar-refractivity contribution in [3.8, 4) is 22.8 Å². The molecular formula is C23H25F2N3O2. The summed E-state index contributed by atoms with van der Waals surface area (Å²) in [7, 11) is 0. The molecule has 0 aliphatic rings. The highest BCUT2D eigenvalue weighted by molar-refractivity contribution is 5.77. The topological polar surface area (TPSA) is 68.3 Å². The zero-order valence-corrected chi connectivity index (χ0v) is 18.0. The molecule has 0 fully saturated rings. The lowest BCUT2D eigenvalue weighted by molar-refractivity contribution is 0.426. The molecule has 30 heavy (non-hydrogen) atoms. The predicted octanol–water partition coefficient (Wildman–Crippen LogP) is 7.01. The minimum absolute atomic E-state index is 0.0811. The van der Waals surface area contributed by atoms with Crippen LogP contribution in [0.4, 0.5) is 14.5 Å². The van der Waals surface area contributed by atoms with Gasteiger partial charge >= 0.3 is 0 Å². The van der Waals surface area contributed by atoms with Crippen molar-refractivity contribution in [3.05, 3.63) is 57.7 Å². The van der Waals surface area contributed by atoms with E-state index in [1.54, 1.807) is 6.07 Å². The van der Waals surface area contributed by atoms with E-state index >= 15 is 0 Å². The van der Waals surface area contributed by atoms with Gasteiger partial charge in [0.1, 0.15) is 18.2 Å². The molecule has 5 nitrogen and oxygen atoms in total. The van der Waals surface area contributed by atoms with Gasteiger partial charge in [-0.15, -0.1) is 4.91 Å². The Balaban J connectivity index is 2.26. The predicted molar refractivity (Wildman–Crippen MR) is 113 cm³/mol. The molecule has 0 saturated carbocycles. The highest BCUT2D eigenvalue weighted by Gasteiger charge is 2.28. The maximum atomic E-state index is 14.4. The minimum Gasteiger partial charge on any atom is -0.333 e. The van der Waals surface area contributed by atoms with Gasteiger partial charge in [0, 0.05) is 0 Å². The number of hydrogen-bond acceptors (Lipinski definition) is 5. The van der Waals surface area contributed by atoms with Crippen LogP contribution in [0.3, 0.4) is 0 Å². The van der Waals surface area contributed by atoms with E-state index in [0.717, 1.165) is 11.1 Å². The molecule has 0 saturated heterocycles. The Hall–Kier alpha value is -2.96. The Morgan fingerprint density at radius 3 is 2.33 bits per heavy atom. The molecule has 7 heteroatoms. The van der Waals surface area contributed by atoms with Gasteiger partial charge in [-0.3, -0.25) is 0 Å². The van der Waals surface area contributed by atoms with Gasteiger partial charge in [-0.25, -0.2) is 8.78 Å². The Kier molecular flexibility index (Phi) is 5.58. The van der Waals surface area contributed by atoms with E-state index in [-0.39, 0.29) is 39.4 Å². The number of aromatic nitrogens is 2. The van der Waals surface area contributed by atoms with Crippen LogP contribution < -0.4 is 0 Å². The summed E-state index contributed by atoms with van der Waals surface area (Å²) in [4.78, 5) is 16.1. The van der Waals surface area contributed by atoms with Crippen molar-refractivity contribution in [2.75, 3.05) is 0 Å². The van der Waals surface area contributed by atoms with Crippen molar-refractivity contribution < 1.29 is 13.3 Å². The molecule has 1 aromatic heterocycles. The Morgan fingerprint density at radius 1 is 1.07 bits per heavy atom. The van der Waals surface area contributed by atoms with Crippen LogP contribution in [0.15, 0.2) is 40.0 Å². The van der Waals surface area contributed by atoms with Gasteiger partial charge in [0.15, 0.2) is 0 Å². The summed E-state index contributed by atoms with van der Waals surface area (Å²) in [6.07, 6.45) is 0. The van der Waals surface area contributed by atoms with Gasteiger partial charge in [-0.2, -0.15) is 4.98 Å². The van der Waals surface area contributed by atoms with E-state index < -0.39 is 12.5 Å². The maximum absolute atomic E-state index is 14.4. The molecular weight excluding hydrogens is 388 g/mol. The molecule has 3 aromatic rings. The summed E-state index contributed by atoms with van der Waals surface area (Å²) in [5.41, 5.74) is 1.78. The molecule has 0 atom stereocenters. The molecule has 0 radical (unpaired) electrons. The second-order valence-electron chi connectivity index (χ2n) is 9.34. The normalized spacial score (nSPS) is 12.3. The fourth-order valence-electron chi connectivity index (χ4n) is 3.26. The fraction of sp³-hybridized carbons (Fsp3) is 0.391. The molecule has 0 spiro atoms. The third-order valence-corrected chi connectivity index (χ3v) is 5.00. The van der Waals surface area contributed by atoms with Gasteiger partial charge in [0.25, 0.3) is 5.89 Å². The van der Waals surface area contributed by atoms with E-state index in [4.69, 9.17) is 4.52 Å². The van der Waals surface area contributed by atoms with Crippen LogP contribution in [0.1, 0.15) is 58.2 Å². The average Bonchev–Trinajstić information content (AvgIpc) is 3.14. The summed E-state index contributed by atoms with van der Waals surface area (Å²) < 4.78 is 33.0. The summed E-state index contributed by atoms with van der Waals surface area (Å²) in [6, 6.07) is 7.85. The number of rotatable bonds is 4. The monoisotopic (exact) mass is 413 g/mol. The standard InChI is InChI=1S/C23H25F2N3O2/c1-22(2,3)14-10-15(19(27-29)16(11-14)23(4,5)6)20-26-21(30-28-20)18-13(12-24)8-7-9-17(18)25/h7-11H,12H2,1-6H3. The van der Waals surface area contributed by atoms with Crippen molar-refractivity contribution in [2.45, 2.75) is 59.0 Å². The summed E-state index contributed by atoms with van der Waals surface area (Å²) in [6.45, 7) is 11.3. The fourth-order valence-corrected chi connectivity index (χ4v) is 3.26. The molecule has 2 aromatic carbocycles. The molecule has 0 unspecified atom stereocenters. The molecule has 0 aliphatic heterocycles. The zero-order valence-electron chi connectivity index (χ0n) is 18.0.